The average Bonchev–Trinajstić information content (AvgIpc) is 3.08. The summed E-state index contributed by atoms with van der Waals surface area (Å²) in [6.45, 7) is 9.73. The molecule has 0 bridgehead atoms. The third kappa shape index (κ3) is 4.84. The molecule has 1 fully saturated rings. The number of nitriles is 1. The van der Waals surface area contributed by atoms with Gasteiger partial charge >= 0.3 is 0 Å². The quantitative estimate of drug-likeness (QED) is 0.598. The molecule has 0 spiro atoms. The van der Waals surface area contributed by atoms with E-state index < -0.39 is 0 Å². The van der Waals surface area contributed by atoms with Crippen molar-refractivity contribution >= 4 is 28.9 Å². The van der Waals surface area contributed by atoms with Crippen LogP contribution in [0.4, 0.5) is 5.69 Å². The predicted octanol–water partition coefficient (Wildman–Crippen LogP) is 5.52. The maximum atomic E-state index is 9.17. The first-order chi connectivity index (χ1) is 13.0. The van der Waals surface area contributed by atoms with Gasteiger partial charge in [-0.15, -0.1) is 0 Å². The van der Waals surface area contributed by atoms with Gasteiger partial charge in [-0.05, 0) is 43.2 Å². The number of rotatable bonds is 6. The molecule has 1 heterocycles. The smallest absolute Gasteiger partial charge is 0.101 e. The first-order valence-electron chi connectivity index (χ1n) is 9.04. The van der Waals surface area contributed by atoms with Crippen LogP contribution in [0.2, 0.25) is 10.0 Å². The molecule has 1 atom stereocenters. The lowest BCUT2D eigenvalue weighted by Crippen LogP contribution is -2.37. The molecular weight excluding hydrogens is 377 g/mol. The van der Waals surface area contributed by atoms with Gasteiger partial charge in [0, 0.05) is 42.9 Å². The van der Waals surface area contributed by atoms with Gasteiger partial charge in [-0.3, -0.25) is 4.90 Å². The van der Waals surface area contributed by atoms with Crippen molar-refractivity contribution in [3.05, 3.63) is 75.8 Å². The first-order valence-corrected chi connectivity index (χ1v) is 9.80. The molecule has 3 nitrogen and oxygen atoms in total. The standard InChI is InChI=1S/C22H23Cl2N3/c1-16(2)13-26-10-9-20(15-26)27(14-18-5-3-4-6-21(18)23)19-8-7-17(12-25)22(24)11-19/h3-8,11,20H,1,9-10,13-15H2,2H3/t20-/m0/s1. The monoisotopic (exact) mass is 399 g/mol. The van der Waals surface area contributed by atoms with Crippen LogP contribution in [0.25, 0.3) is 0 Å². The Balaban J connectivity index is 1.90. The van der Waals surface area contributed by atoms with E-state index in [1.54, 1.807) is 6.07 Å². The molecule has 0 aliphatic carbocycles. The third-order valence-corrected chi connectivity index (χ3v) is 5.57. The van der Waals surface area contributed by atoms with Gasteiger partial charge < -0.3 is 4.90 Å². The van der Waals surface area contributed by atoms with Gasteiger partial charge in [0.05, 0.1) is 10.6 Å². The molecular formula is C22H23Cl2N3. The summed E-state index contributed by atoms with van der Waals surface area (Å²) in [4.78, 5) is 4.78. The van der Waals surface area contributed by atoms with Crippen molar-refractivity contribution in [2.45, 2.75) is 25.9 Å². The van der Waals surface area contributed by atoms with Gasteiger partial charge in [0.15, 0.2) is 0 Å². The summed E-state index contributed by atoms with van der Waals surface area (Å²) in [5, 5.41) is 10.4. The summed E-state index contributed by atoms with van der Waals surface area (Å²) in [5.74, 6) is 0. The van der Waals surface area contributed by atoms with Gasteiger partial charge in [-0.1, -0.05) is 53.6 Å². The van der Waals surface area contributed by atoms with E-state index >= 15 is 0 Å². The lowest BCUT2D eigenvalue weighted by molar-refractivity contribution is 0.361. The Morgan fingerprint density at radius 1 is 1.26 bits per heavy atom. The van der Waals surface area contributed by atoms with Crippen LogP contribution in [-0.2, 0) is 6.54 Å². The molecule has 140 valence electrons. The van der Waals surface area contributed by atoms with E-state index in [1.807, 2.05) is 30.3 Å². The lowest BCUT2D eigenvalue weighted by atomic mass is 10.1. The van der Waals surface area contributed by atoms with E-state index in [0.29, 0.717) is 23.2 Å². The van der Waals surface area contributed by atoms with Crippen LogP contribution in [-0.4, -0.2) is 30.6 Å². The number of anilines is 1. The fourth-order valence-corrected chi connectivity index (χ4v) is 4.02. The highest BCUT2D eigenvalue weighted by molar-refractivity contribution is 6.32. The Kier molecular flexibility index (Phi) is 6.44. The molecule has 1 aliphatic rings. The predicted molar refractivity (Wildman–Crippen MR) is 113 cm³/mol. The molecule has 0 amide bonds. The summed E-state index contributed by atoms with van der Waals surface area (Å²) in [6, 6.07) is 16.1. The van der Waals surface area contributed by atoms with Crippen LogP contribution in [0.1, 0.15) is 24.5 Å². The number of nitrogens with zero attached hydrogens (tertiary/aromatic N) is 3. The number of halogens is 2. The molecule has 2 aromatic carbocycles. The fourth-order valence-electron chi connectivity index (χ4n) is 3.61. The maximum absolute atomic E-state index is 9.17. The fraction of sp³-hybridized carbons (Fsp3) is 0.318. The van der Waals surface area contributed by atoms with Crippen molar-refractivity contribution in [2.24, 2.45) is 0 Å². The zero-order chi connectivity index (χ0) is 19.4. The zero-order valence-corrected chi connectivity index (χ0v) is 17.0. The summed E-state index contributed by atoms with van der Waals surface area (Å²) in [6.07, 6.45) is 1.06. The summed E-state index contributed by atoms with van der Waals surface area (Å²) < 4.78 is 0. The molecule has 0 saturated carbocycles. The van der Waals surface area contributed by atoms with Gasteiger partial charge in [0.2, 0.25) is 0 Å². The number of benzene rings is 2. The highest BCUT2D eigenvalue weighted by atomic mass is 35.5. The van der Waals surface area contributed by atoms with E-state index in [9.17, 15) is 0 Å². The minimum atomic E-state index is 0.352. The van der Waals surface area contributed by atoms with E-state index in [4.69, 9.17) is 28.5 Å². The normalized spacial score (nSPS) is 16.9. The highest BCUT2D eigenvalue weighted by Gasteiger charge is 2.28. The van der Waals surface area contributed by atoms with Crippen molar-refractivity contribution in [3.8, 4) is 6.07 Å². The van der Waals surface area contributed by atoms with Crippen molar-refractivity contribution in [1.29, 1.82) is 5.26 Å². The third-order valence-electron chi connectivity index (χ3n) is 4.89. The van der Waals surface area contributed by atoms with Gasteiger partial charge in [0.1, 0.15) is 6.07 Å². The van der Waals surface area contributed by atoms with Crippen LogP contribution in [0.5, 0.6) is 0 Å². The molecule has 27 heavy (non-hydrogen) atoms. The first kappa shape index (κ1) is 19.8. The Bertz CT molecular complexity index is 872. The Hall–Kier alpha value is -1.99. The number of hydrogen-bond acceptors (Lipinski definition) is 3. The second kappa shape index (κ2) is 8.80. The van der Waals surface area contributed by atoms with Crippen molar-refractivity contribution in [3.63, 3.8) is 0 Å². The van der Waals surface area contributed by atoms with Crippen LogP contribution in [0.3, 0.4) is 0 Å². The lowest BCUT2D eigenvalue weighted by Gasteiger charge is -2.32. The molecule has 1 saturated heterocycles. The Morgan fingerprint density at radius 3 is 2.70 bits per heavy atom. The number of likely N-dealkylation sites (tertiary alicyclic amines) is 1. The molecule has 1 aliphatic heterocycles. The molecule has 3 rings (SSSR count). The van der Waals surface area contributed by atoms with E-state index in [1.165, 1.54) is 5.57 Å². The van der Waals surface area contributed by atoms with Crippen LogP contribution in [0.15, 0.2) is 54.6 Å². The summed E-state index contributed by atoms with van der Waals surface area (Å²) >= 11 is 12.7. The minimum absolute atomic E-state index is 0.352. The van der Waals surface area contributed by atoms with E-state index in [0.717, 1.165) is 42.3 Å². The SMILES string of the molecule is C=C(C)CN1CC[C@H](N(Cc2ccccc2Cl)c2ccc(C#N)c(Cl)c2)C1. The molecule has 5 heteroatoms. The Morgan fingerprint density at radius 2 is 2.04 bits per heavy atom. The Labute approximate surface area is 171 Å². The molecule has 2 aromatic rings. The second-order valence-electron chi connectivity index (χ2n) is 7.13. The second-order valence-corrected chi connectivity index (χ2v) is 7.94. The maximum Gasteiger partial charge on any atom is 0.101 e. The van der Waals surface area contributed by atoms with Crippen molar-refractivity contribution in [2.75, 3.05) is 24.5 Å². The average molecular weight is 400 g/mol. The zero-order valence-electron chi connectivity index (χ0n) is 15.5. The topological polar surface area (TPSA) is 30.3 Å². The van der Waals surface area contributed by atoms with Gasteiger partial charge in [0.25, 0.3) is 0 Å². The summed E-state index contributed by atoms with van der Waals surface area (Å²) in [5.41, 5.74) is 3.77. The van der Waals surface area contributed by atoms with Crippen LogP contribution >= 0.6 is 23.2 Å². The molecule has 0 radical (unpaired) electrons. The van der Waals surface area contributed by atoms with E-state index in [2.05, 4.69) is 35.4 Å². The summed E-state index contributed by atoms with van der Waals surface area (Å²) in [7, 11) is 0. The molecule has 0 N–H and O–H groups in total. The van der Waals surface area contributed by atoms with Gasteiger partial charge in [-0.25, -0.2) is 0 Å². The highest BCUT2D eigenvalue weighted by Crippen LogP contribution is 2.30. The van der Waals surface area contributed by atoms with Crippen molar-refractivity contribution in [1.82, 2.24) is 4.90 Å². The molecule has 0 unspecified atom stereocenters. The van der Waals surface area contributed by atoms with Gasteiger partial charge in [-0.2, -0.15) is 5.26 Å². The van der Waals surface area contributed by atoms with Crippen LogP contribution in [0, 0.1) is 11.3 Å². The van der Waals surface area contributed by atoms with Crippen molar-refractivity contribution < 1.29 is 0 Å². The molecule has 0 aromatic heterocycles. The minimum Gasteiger partial charge on any atom is -0.363 e. The van der Waals surface area contributed by atoms with Crippen LogP contribution < -0.4 is 4.90 Å². The number of hydrogen-bond donors (Lipinski definition) is 0. The van der Waals surface area contributed by atoms with E-state index in [-0.39, 0.29) is 0 Å². The largest absolute Gasteiger partial charge is 0.363 e.